The van der Waals surface area contributed by atoms with Gasteiger partial charge in [-0.25, -0.2) is 4.79 Å². The highest BCUT2D eigenvalue weighted by Gasteiger charge is 2.39. The fourth-order valence-corrected chi connectivity index (χ4v) is 5.33. The van der Waals surface area contributed by atoms with Gasteiger partial charge >= 0.3 is 6.03 Å². The summed E-state index contributed by atoms with van der Waals surface area (Å²) in [7, 11) is 1.75. The Kier molecular flexibility index (Phi) is 9.01. The molecule has 0 saturated carbocycles. The van der Waals surface area contributed by atoms with E-state index in [0.717, 1.165) is 12.0 Å². The van der Waals surface area contributed by atoms with Gasteiger partial charge in [-0.3, -0.25) is 14.6 Å². The first-order chi connectivity index (χ1) is 19.9. The van der Waals surface area contributed by atoms with Crippen LogP contribution in [0.25, 0.3) is 0 Å². The number of anilines is 2. The number of hydrogen-bond acceptors (Lipinski definition) is 6. The topological polar surface area (TPSA) is 122 Å². The van der Waals surface area contributed by atoms with Crippen LogP contribution in [0, 0.1) is 0 Å². The molecule has 10 nitrogen and oxygen atoms in total. The first-order valence-electron chi connectivity index (χ1n) is 13.5. The maximum atomic E-state index is 13.5. The Morgan fingerprint density at radius 1 is 1.05 bits per heavy atom. The molecule has 4 amide bonds. The normalized spacial score (nSPS) is 20.0. The highest BCUT2D eigenvalue weighted by Crippen LogP contribution is 2.32. The van der Waals surface area contributed by atoms with Crippen LogP contribution in [0.1, 0.15) is 35.2 Å². The van der Waals surface area contributed by atoms with Gasteiger partial charge in [-0.15, -0.1) is 0 Å². The quantitative estimate of drug-likeness (QED) is 0.380. The lowest BCUT2D eigenvalue weighted by Gasteiger charge is -2.42. The van der Waals surface area contributed by atoms with Crippen LogP contribution in [0.3, 0.4) is 0 Å². The molecule has 41 heavy (non-hydrogen) atoms. The van der Waals surface area contributed by atoms with Gasteiger partial charge in [-0.05, 0) is 73.4 Å². The van der Waals surface area contributed by atoms with E-state index in [1.165, 1.54) is 0 Å². The maximum absolute atomic E-state index is 13.5. The van der Waals surface area contributed by atoms with Gasteiger partial charge < -0.3 is 30.3 Å². The molecule has 1 fully saturated rings. The summed E-state index contributed by atoms with van der Waals surface area (Å²) < 4.78 is 12.3. The summed E-state index contributed by atoms with van der Waals surface area (Å²) in [5.74, 6) is 0.105. The van der Waals surface area contributed by atoms with Crippen LogP contribution in [0.2, 0.25) is 5.02 Å². The zero-order valence-electron chi connectivity index (χ0n) is 22.6. The Balaban J connectivity index is 1.17. The van der Waals surface area contributed by atoms with Gasteiger partial charge in [-0.2, -0.15) is 0 Å². The van der Waals surface area contributed by atoms with E-state index in [-0.39, 0.29) is 43.1 Å². The molecule has 214 valence electrons. The fourth-order valence-electron chi connectivity index (χ4n) is 5.14. The molecule has 2 aliphatic rings. The molecule has 3 aromatic rings. The molecular formula is C30H32ClN5O5. The van der Waals surface area contributed by atoms with Crippen molar-refractivity contribution < 1.29 is 23.9 Å². The molecule has 0 aliphatic carbocycles. The number of carbonyl (C=O) groups is 3. The molecule has 0 bridgehead atoms. The SMILES string of the molecule is CN1C(=O)c2cc(NC(=O)Nc3cccc(Cl)c3)ccc2OC[C@@H]2O[C@H](CC(=O)NCCc3ccncc3)CC[C@@H]21. The number of urea groups is 1. The molecule has 0 radical (unpaired) electrons. The minimum Gasteiger partial charge on any atom is -0.490 e. The number of aromatic nitrogens is 1. The summed E-state index contributed by atoms with van der Waals surface area (Å²) in [5.41, 5.74) is 2.45. The number of fused-ring (bicyclic) bond motifs is 2. The molecular weight excluding hydrogens is 546 g/mol. The van der Waals surface area contributed by atoms with Crippen molar-refractivity contribution in [2.75, 3.05) is 30.8 Å². The highest BCUT2D eigenvalue weighted by molar-refractivity contribution is 6.30. The van der Waals surface area contributed by atoms with Crippen LogP contribution in [0.15, 0.2) is 67.0 Å². The number of carbonyl (C=O) groups excluding carboxylic acids is 3. The number of amides is 4. The second kappa shape index (κ2) is 13.0. The molecule has 1 aromatic heterocycles. The fraction of sp³-hybridized carbons (Fsp3) is 0.333. The van der Waals surface area contributed by atoms with Gasteiger partial charge in [0.15, 0.2) is 0 Å². The van der Waals surface area contributed by atoms with E-state index in [1.54, 1.807) is 66.8 Å². The molecule has 1 saturated heterocycles. The summed E-state index contributed by atoms with van der Waals surface area (Å²) in [6.07, 6.45) is 5.15. The minimum absolute atomic E-state index is 0.0662. The summed E-state index contributed by atoms with van der Waals surface area (Å²) in [4.78, 5) is 44.2. The molecule has 2 aromatic carbocycles. The number of nitrogens with one attached hydrogen (secondary N) is 3. The van der Waals surface area contributed by atoms with Crippen LogP contribution in [0.4, 0.5) is 16.2 Å². The second-order valence-corrected chi connectivity index (χ2v) is 10.6. The Morgan fingerprint density at radius 2 is 1.83 bits per heavy atom. The minimum atomic E-state index is -0.465. The van der Waals surface area contributed by atoms with E-state index < -0.39 is 6.03 Å². The number of nitrogens with zero attached hydrogens (tertiary/aromatic N) is 2. The van der Waals surface area contributed by atoms with Crippen LogP contribution in [-0.4, -0.2) is 66.2 Å². The van der Waals surface area contributed by atoms with Crippen molar-refractivity contribution in [1.29, 1.82) is 0 Å². The Bertz CT molecular complexity index is 1410. The third-order valence-electron chi connectivity index (χ3n) is 7.25. The van der Waals surface area contributed by atoms with Crippen molar-refractivity contribution in [3.63, 3.8) is 0 Å². The van der Waals surface area contributed by atoms with E-state index in [1.807, 2.05) is 12.1 Å². The number of likely N-dealkylation sites (N-methyl/N-ethyl adjacent to an activating group) is 1. The summed E-state index contributed by atoms with van der Waals surface area (Å²) in [5, 5.41) is 8.94. The van der Waals surface area contributed by atoms with E-state index in [9.17, 15) is 14.4 Å². The first kappa shape index (κ1) is 28.4. The standard InChI is InChI=1S/C30H32ClN5O5/c1-36-25-7-6-23(17-28(37)33-14-11-19-9-12-32-13-10-19)41-27(25)18-40-26-8-5-22(16-24(26)29(36)38)35-30(39)34-21-4-2-3-20(31)15-21/h2-5,8-10,12-13,15-16,23,25,27H,6-7,11,14,17-18H2,1H3,(H,33,37)(H2,34,35,39)/t23-,25-,27-/m0/s1. The van der Waals surface area contributed by atoms with Gasteiger partial charge in [0.2, 0.25) is 5.91 Å². The molecule has 3 heterocycles. The number of benzene rings is 2. The zero-order valence-corrected chi connectivity index (χ0v) is 23.4. The lowest BCUT2D eigenvalue weighted by Crippen LogP contribution is -2.54. The predicted octanol–water partition coefficient (Wildman–Crippen LogP) is 4.51. The molecule has 0 spiro atoms. The number of pyridine rings is 1. The van der Waals surface area contributed by atoms with Crippen molar-refractivity contribution in [1.82, 2.24) is 15.2 Å². The number of ether oxygens (including phenoxy) is 2. The largest absolute Gasteiger partial charge is 0.490 e. The highest BCUT2D eigenvalue weighted by atomic mass is 35.5. The Labute approximate surface area is 243 Å². The average Bonchev–Trinajstić information content (AvgIpc) is 2.96. The number of rotatable bonds is 7. The summed E-state index contributed by atoms with van der Waals surface area (Å²) in [6, 6.07) is 14.9. The third kappa shape index (κ3) is 7.33. The second-order valence-electron chi connectivity index (χ2n) is 10.1. The van der Waals surface area contributed by atoms with Crippen molar-refractivity contribution in [3.05, 3.63) is 83.1 Å². The van der Waals surface area contributed by atoms with Crippen molar-refractivity contribution in [2.24, 2.45) is 0 Å². The van der Waals surface area contributed by atoms with Crippen LogP contribution in [-0.2, 0) is 16.0 Å². The first-order valence-corrected chi connectivity index (χ1v) is 13.9. The average molecular weight is 578 g/mol. The monoisotopic (exact) mass is 577 g/mol. The van der Waals surface area contributed by atoms with Crippen LogP contribution < -0.4 is 20.7 Å². The third-order valence-corrected chi connectivity index (χ3v) is 7.49. The molecule has 3 N–H and O–H groups in total. The van der Waals surface area contributed by atoms with E-state index in [0.29, 0.717) is 47.1 Å². The summed E-state index contributed by atoms with van der Waals surface area (Å²) >= 11 is 5.99. The molecule has 0 unspecified atom stereocenters. The molecule has 11 heteroatoms. The molecule has 3 atom stereocenters. The predicted molar refractivity (Wildman–Crippen MR) is 155 cm³/mol. The Hall–Kier alpha value is -4.15. The van der Waals surface area contributed by atoms with Gasteiger partial charge in [0.05, 0.1) is 24.1 Å². The van der Waals surface area contributed by atoms with E-state index in [2.05, 4.69) is 20.9 Å². The zero-order chi connectivity index (χ0) is 28.8. The van der Waals surface area contributed by atoms with E-state index >= 15 is 0 Å². The molecule has 5 rings (SSSR count). The van der Waals surface area contributed by atoms with Crippen LogP contribution >= 0.6 is 11.6 Å². The van der Waals surface area contributed by atoms with Crippen molar-refractivity contribution >= 4 is 40.8 Å². The van der Waals surface area contributed by atoms with Gasteiger partial charge in [0, 0.05) is 42.4 Å². The lowest BCUT2D eigenvalue weighted by molar-refractivity contribution is -0.134. The smallest absolute Gasteiger partial charge is 0.323 e. The van der Waals surface area contributed by atoms with Gasteiger partial charge in [-0.1, -0.05) is 17.7 Å². The van der Waals surface area contributed by atoms with Crippen LogP contribution in [0.5, 0.6) is 5.75 Å². The number of halogens is 1. The lowest BCUT2D eigenvalue weighted by atomic mass is 9.94. The van der Waals surface area contributed by atoms with Gasteiger partial charge in [0.1, 0.15) is 18.5 Å². The van der Waals surface area contributed by atoms with Gasteiger partial charge in [0.25, 0.3) is 5.91 Å². The van der Waals surface area contributed by atoms with E-state index in [4.69, 9.17) is 21.1 Å². The Morgan fingerprint density at radius 3 is 2.61 bits per heavy atom. The van der Waals surface area contributed by atoms with Crippen molar-refractivity contribution in [3.8, 4) is 5.75 Å². The summed E-state index contributed by atoms with van der Waals surface area (Å²) in [6.45, 7) is 0.773. The molecule has 2 aliphatic heterocycles. The maximum Gasteiger partial charge on any atom is 0.323 e. The van der Waals surface area contributed by atoms with Crippen molar-refractivity contribution in [2.45, 2.75) is 43.9 Å². The number of hydrogen-bond donors (Lipinski definition) is 3.